The maximum absolute atomic E-state index is 11.2. The number of nitrogens with two attached hydrogens (primary N) is 4. The van der Waals surface area contributed by atoms with Crippen LogP contribution in [0.5, 0.6) is 0 Å². The quantitative estimate of drug-likeness (QED) is 0.183. The minimum Gasteiger partial charge on any atom is -0.757 e. The Kier molecular flexibility index (Phi) is 18.0. The molecule has 0 aliphatic rings. The van der Waals surface area contributed by atoms with Crippen molar-refractivity contribution < 1.29 is 96.7 Å². The Morgan fingerprint density at radius 2 is 0.971 bits per heavy atom. The third-order valence-corrected chi connectivity index (χ3v) is 4.51. The van der Waals surface area contributed by atoms with Crippen LogP contribution in [0.4, 0.5) is 0 Å². The fourth-order valence-corrected chi connectivity index (χ4v) is 3.06. The smallest absolute Gasteiger partial charge is 0.757 e. The van der Waals surface area contributed by atoms with Gasteiger partial charge in [-0.2, -0.15) is 0 Å². The van der Waals surface area contributed by atoms with Gasteiger partial charge in [0, 0.05) is 0 Å². The minimum atomic E-state index is -4.56. The van der Waals surface area contributed by atoms with Gasteiger partial charge in [0.15, 0.2) is 0 Å². The average Bonchev–Trinajstić information content (AvgIpc) is 2.67. The van der Waals surface area contributed by atoms with E-state index in [2.05, 4.69) is 20.1 Å². The van der Waals surface area contributed by atoms with Crippen molar-refractivity contribution >= 4 is 27.4 Å². The summed E-state index contributed by atoms with van der Waals surface area (Å²) in [6, 6.07) is 15.8. The van der Waals surface area contributed by atoms with Crippen molar-refractivity contribution in [3.05, 3.63) is 71.8 Å². The molecule has 16 heteroatoms. The normalized spacial score (nSPS) is 15.2. The van der Waals surface area contributed by atoms with Crippen molar-refractivity contribution in [2.75, 3.05) is 0 Å². The van der Waals surface area contributed by atoms with E-state index in [0.29, 0.717) is 0 Å². The second-order valence-electron chi connectivity index (χ2n) is 6.49. The van der Waals surface area contributed by atoms with Crippen LogP contribution < -0.4 is 91.4 Å². The fraction of sp³-hybridized carbons (Fsp3) is 0.222. The summed E-state index contributed by atoms with van der Waals surface area (Å²) in [5.41, 5.74) is 21.7. The van der Waals surface area contributed by atoms with Gasteiger partial charge in [0.25, 0.3) is 15.5 Å². The van der Waals surface area contributed by atoms with Crippen molar-refractivity contribution in [3.63, 3.8) is 0 Å². The van der Waals surface area contributed by atoms with Crippen LogP contribution >= 0.6 is 15.5 Å². The predicted octanol–water partition coefficient (Wildman–Crippen LogP) is -6.94. The second-order valence-corrected chi connectivity index (χ2v) is 9.02. The molecule has 0 radical (unpaired) electrons. The number of rotatable bonds is 8. The summed E-state index contributed by atoms with van der Waals surface area (Å²) in [6.07, 6.45) is 0.388. The van der Waals surface area contributed by atoms with Gasteiger partial charge in [-0.05, 0) is 24.0 Å². The number of hydrogen-bond acceptors (Lipinski definition) is 10. The van der Waals surface area contributed by atoms with E-state index in [-0.39, 0.29) is 72.0 Å². The van der Waals surface area contributed by atoms with Crippen LogP contribution in [0.15, 0.2) is 60.7 Å². The van der Waals surface area contributed by atoms with Gasteiger partial charge >= 0.3 is 71.1 Å². The maximum atomic E-state index is 11.2. The first kappa shape index (κ1) is 35.8. The Morgan fingerprint density at radius 3 is 1.21 bits per heavy atom. The third kappa shape index (κ3) is 17.1. The molecule has 4 atom stereocenters. The van der Waals surface area contributed by atoms with Crippen molar-refractivity contribution in [1.29, 1.82) is 0 Å². The monoisotopic (exact) mass is 532 g/mol. The van der Waals surface area contributed by atoms with E-state index >= 15 is 0 Å². The Labute approximate surface area is 241 Å². The van der Waals surface area contributed by atoms with Crippen LogP contribution in [0.2, 0.25) is 0 Å². The molecule has 0 spiro atoms. The van der Waals surface area contributed by atoms with E-state index in [9.17, 15) is 28.5 Å². The maximum Gasteiger partial charge on any atom is 1.00 e. The van der Waals surface area contributed by atoms with Gasteiger partial charge in [0.05, 0.1) is 0 Å². The molecule has 0 aliphatic heterocycles. The number of carbonyl (C=O) groups is 2. The van der Waals surface area contributed by atoms with E-state index < -0.39 is 39.5 Å². The summed E-state index contributed by atoms with van der Waals surface area (Å²) in [5.74, 6) is -2.10. The standard InChI is InChI=1S/2C9H13N2O4P.2Na/c2*10-8(9(12)15-16(11,13)14)6-7-4-2-1-3-5-7;;/h2*1-5,8H,6,10H2,(H3,11,13,14);;/q;;2*+1/p-2/t2*8-;;/m00../s1. The Hall–Kier alpha value is -0.400. The molecule has 0 aromatic heterocycles. The molecule has 2 unspecified atom stereocenters. The molecule has 0 amide bonds. The molecule has 34 heavy (non-hydrogen) atoms. The fourth-order valence-electron chi connectivity index (χ4n) is 2.29. The van der Waals surface area contributed by atoms with Gasteiger partial charge in [-0.25, -0.2) is 0 Å². The molecule has 0 heterocycles. The summed E-state index contributed by atoms with van der Waals surface area (Å²) in [7, 11) is -9.12. The molecule has 2 aromatic rings. The SMILES string of the molecule is N[C@@H](Cc1ccccc1)C(=O)OP(N)(=O)[O-].N[C@@H](Cc1ccccc1)C(=O)OP(N)(=O)[O-].[Na+].[Na+]. The first-order valence-corrected chi connectivity index (χ1v) is 12.2. The molecular formula is C18H24N4Na2O8P2. The second kappa shape index (κ2) is 17.1. The summed E-state index contributed by atoms with van der Waals surface area (Å²) >= 11 is 0. The molecule has 8 N–H and O–H groups in total. The van der Waals surface area contributed by atoms with Gasteiger partial charge < -0.3 is 30.3 Å². The van der Waals surface area contributed by atoms with Crippen LogP contribution in [0, 0.1) is 0 Å². The van der Waals surface area contributed by atoms with E-state index in [1.165, 1.54) is 0 Å². The summed E-state index contributed by atoms with van der Waals surface area (Å²) in [6.45, 7) is 0. The number of hydrogen-bond donors (Lipinski definition) is 4. The predicted molar refractivity (Wildman–Crippen MR) is 112 cm³/mol. The van der Waals surface area contributed by atoms with E-state index in [1.54, 1.807) is 48.5 Å². The molecule has 2 aromatic carbocycles. The largest absolute Gasteiger partial charge is 1.00 e. The minimum absolute atomic E-state index is 0. The first-order chi connectivity index (χ1) is 14.8. The number of benzene rings is 2. The van der Waals surface area contributed by atoms with Crippen molar-refractivity contribution in [1.82, 2.24) is 0 Å². The van der Waals surface area contributed by atoms with Crippen LogP contribution in [0.3, 0.4) is 0 Å². The Bertz CT molecular complexity index is 897. The molecule has 0 saturated carbocycles. The van der Waals surface area contributed by atoms with Crippen molar-refractivity contribution in [2.24, 2.45) is 22.5 Å². The van der Waals surface area contributed by atoms with Gasteiger partial charge in [-0.1, -0.05) is 60.7 Å². The molecule has 0 aliphatic carbocycles. The van der Waals surface area contributed by atoms with Crippen LogP contribution in [-0.2, 0) is 40.6 Å². The molecule has 0 fully saturated rings. The average molecular weight is 532 g/mol. The van der Waals surface area contributed by atoms with Crippen LogP contribution in [0.1, 0.15) is 11.1 Å². The van der Waals surface area contributed by atoms with Crippen molar-refractivity contribution in [2.45, 2.75) is 24.9 Å². The molecule has 2 rings (SSSR count). The third-order valence-electron chi connectivity index (χ3n) is 3.64. The van der Waals surface area contributed by atoms with E-state index in [0.717, 1.165) is 11.1 Å². The topological polar surface area (TPSA) is 237 Å². The number of carbonyl (C=O) groups excluding carboxylic acids is 2. The zero-order valence-corrected chi connectivity index (χ0v) is 24.6. The zero-order chi connectivity index (χ0) is 24.4. The molecule has 0 bridgehead atoms. The Morgan fingerprint density at radius 1 is 0.706 bits per heavy atom. The molecular weight excluding hydrogens is 508 g/mol. The Balaban J connectivity index is 0. The first-order valence-electron chi connectivity index (χ1n) is 9.02. The molecule has 176 valence electrons. The molecule has 0 saturated heterocycles. The van der Waals surface area contributed by atoms with Crippen molar-refractivity contribution in [3.8, 4) is 0 Å². The van der Waals surface area contributed by atoms with Gasteiger partial charge in [-0.3, -0.25) is 29.7 Å². The van der Waals surface area contributed by atoms with Crippen LogP contribution in [0.25, 0.3) is 0 Å². The summed E-state index contributed by atoms with van der Waals surface area (Å²) < 4.78 is 29.0. The molecule has 12 nitrogen and oxygen atoms in total. The summed E-state index contributed by atoms with van der Waals surface area (Å²) in [4.78, 5) is 43.3. The van der Waals surface area contributed by atoms with E-state index in [4.69, 9.17) is 11.5 Å². The zero-order valence-electron chi connectivity index (χ0n) is 18.8. The van der Waals surface area contributed by atoms with Gasteiger partial charge in [-0.15, -0.1) is 0 Å². The summed E-state index contributed by atoms with van der Waals surface area (Å²) in [5, 5.41) is 0. The van der Waals surface area contributed by atoms with Gasteiger partial charge in [0.1, 0.15) is 12.1 Å². The van der Waals surface area contributed by atoms with Crippen LogP contribution in [-0.4, -0.2) is 24.0 Å². The van der Waals surface area contributed by atoms with Gasteiger partial charge in [0.2, 0.25) is 0 Å². The van der Waals surface area contributed by atoms with E-state index in [1.807, 2.05) is 12.1 Å².